The standard InChI is InChI=1S/C21H23N3O6/c1-11(2)16(10-25)24-9-15(21(27)28)18(26)14-7-13(20(30-4)23-19(14)24)12-5-6-17(29-3)22-8-12/h5-9,11,16,25H,10H2,1-4H3,(H,27,28)/t16-/m1/s1. The molecule has 158 valence electrons. The number of aromatic nitrogens is 3. The summed E-state index contributed by atoms with van der Waals surface area (Å²) in [4.78, 5) is 33.3. The van der Waals surface area contributed by atoms with Gasteiger partial charge in [0.2, 0.25) is 17.2 Å². The third kappa shape index (κ3) is 3.71. The lowest BCUT2D eigenvalue weighted by molar-refractivity contribution is 0.0694. The van der Waals surface area contributed by atoms with Gasteiger partial charge in [0.25, 0.3) is 0 Å². The number of hydrogen-bond donors (Lipinski definition) is 2. The van der Waals surface area contributed by atoms with Gasteiger partial charge in [-0.05, 0) is 18.1 Å². The minimum Gasteiger partial charge on any atom is -0.481 e. The molecule has 3 aromatic heterocycles. The lowest BCUT2D eigenvalue weighted by Crippen LogP contribution is -2.26. The predicted molar refractivity (Wildman–Crippen MR) is 110 cm³/mol. The van der Waals surface area contributed by atoms with Crippen LogP contribution in [0.3, 0.4) is 0 Å². The molecule has 3 heterocycles. The van der Waals surface area contributed by atoms with E-state index in [1.165, 1.54) is 25.0 Å². The van der Waals surface area contributed by atoms with Gasteiger partial charge in [0.15, 0.2) is 0 Å². The van der Waals surface area contributed by atoms with Crippen molar-refractivity contribution >= 4 is 17.0 Å². The highest BCUT2D eigenvalue weighted by Crippen LogP contribution is 2.32. The van der Waals surface area contributed by atoms with Crippen molar-refractivity contribution in [1.29, 1.82) is 0 Å². The van der Waals surface area contributed by atoms with E-state index >= 15 is 0 Å². The highest BCUT2D eigenvalue weighted by Gasteiger charge is 2.24. The molecule has 3 aromatic rings. The van der Waals surface area contributed by atoms with Crippen molar-refractivity contribution in [2.45, 2.75) is 19.9 Å². The monoisotopic (exact) mass is 413 g/mol. The first-order valence-electron chi connectivity index (χ1n) is 9.30. The molecule has 0 saturated heterocycles. The Hall–Kier alpha value is -3.46. The smallest absolute Gasteiger partial charge is 0.341 e. The normalized spacial score (nSPS) is 12.2. The van der Waals surface area contributed by atoms with Crippen LogP contribution in [0.25, 0.3) is 22.2 Å². The van der Waals surface area contributed by atoms with Crippen LogP contribution in [-0.2, 0) is 0 Å². The van der Waals surface area contributed by atoms with E-state index in [1.807, 2.05) is 13.8 Å². The molecule has 30 heavy (non-hydrogen) atoms. The number of nitrogens with zero attached hydrogens (tertiary/aromatic N) is 3. The zero-order valence-corrected chi connectivity index (χ0v) is 17.1. The number of rotatable bonds is 7. The average molecular weight is 413 g/mol. The molecule has 0 saturated carbocycles. The van der Waals surface area contributed by atoms with Gasteiger partial charge in [0.05, 0.1) is 32.3 Å². The van der Waals surface area contributed by atoms with Gasteiger partial charge in [-0.3, -0.25) is 4.79 Å². The minimum absolute atomic E-state index is 0.0411. The van der Waals surface area contributed by atoms with Crippen LogP contribution in [0.2, 0.25) is 0 Å². The number of aliphatic hydroxyl groups excluding tert-OH is 1. The van der Waals surface area contributed by atoms with E-state index in [4.69, 9.17) is 9.47 Å². The molecule has 0 aliphatic heterocycles. The number of aliphatic hydroxyl groups is 1. The van der Waals surface area contributed by atoms with Gasteiger partial charge < -0.3 is 24.3 Å². The fourth-order valence-corrected chi connectivity index (χ4v) is 3.30. The van der Waals surface area contributed by atoms with Crippen LogP contribution in [0.15, 0.2) is 35.4 Å². The highest BCUT2D eigenvalue weighted by atomic mass is 16.5. The Labute approximate surface area is 172 Å². The molecule has 0 aromatic carbocycles. The van der Waals surface area contributed by atoms with Crippen LogP contribution in [-0.4, -0.2) is 51.5 Å². The number of methoxy groups -OCH3 is 2. The van der Waals surface area contributed by atoms with Gasteiger partial charge in [-0.25, -0.2) is 9.78 Å². The van der Waals surface area contributed by atoms with E-state index in [0.29, 0.717) is 17.0 Å². The van der Waals surface area contributed by atoms with Crippen molar-refractivity contribution in [3.05, 3.63) is 46.4 Å². The lowest BCUT2D eigenvalue weighted by atomic mass is 10.0. The Balaban J connectivity index is 2.38. The molecule has 9 nitrogen and oxygen atoms in total. The van der Waals surface area contributed by atoms with E-state index in [1.54, 1.807) is 24.4 Å². The first-order valence-corrected chi connectivity index (χ1v) is 9.30. The molecule has 0 spiro atoms. The molecule has 0 bridgehead atoms. The SMILES string of the molecule is COc1ccc(-c2cc3c(=O)c(C(=O)O)cn([C@H](CO)C(C)C)c3nc2OC)cn1. The highest BCUT2D eigenvalue weighted by molar-refractivity contribution is 5.93. The molecule has 9 heteroatoms. The summed E-state index contributed by atoms with van der Waals surface area (Å²) in [5, 5.41) is 19.5. The summed E-state index contributed by atoms with van der Waals surface area (Å²) in [7, 11) is 2.96. The Morgan fingerprint density at radius 3 is 2.47 bits per heavy atom. The minimum atomic E-state index is -1.35. The quantitative estimate of drug-likeness (QED) is 0.605. The lowest BCUT2D eigenvalue weighted by Gasteiger charge is -2.24. The van der Waals surface area contributed by atoms with Crippen molar-refractivity contribution < 1.29 is 24.5 Å². The van der Waals surface area contributed by atoms with E-state index in [9.17, 15) is 19.8 Å². The number of pyridine rings is 3. The van der Waals surface area contributed by atoms with Crippen LogP contribution >= 0.6 is 0 Å². The number of fused-ring (bicyclic) bond motifs is 1. The zero-order valence-electron chi connectivity index (χ0n) is 17.1. The molecule has 3 rings (SSSR count). The second-order valence-electron chi connectivity index (χ2n) is 7.08. The van der Waals surface area contributed by atoms with Crippen LogP contribution in [0.1, 0.15) is 30.2 Å². The number of carboxylic acid groups (broad SMARTS) is 1. The molecule has 0 radical (unpaired) electrons. The summed E-state index contributed by atoms with van der Waals surface area (Å²) in [6.45, 7) is 3.53. The van der Waals surface area contributed by atoms with Crippen LogP contribution in [0.5, 0.6) is 11.8 Å². The fourth-order valence-electron chi connectivity index (χ4n) is 3.30. The van der Waals surface area contributed by atoms with E-state index in [0.717, 1.165) is 0 Å². The molecule has 0 unspecified atom stereocenters. The first kappa shape index (κ1) is 21.3. The number of aromatic carboxylic acids is 1. The zero-order chi connectivity index (χ0) is 22.0. The number of carboxylic acids is 1. The summed E-state index contributed by atoms with van der Waals surface area (Å²) < 4.78 is 12.0. The second kappa shape index (κ2) is 8.50. The molecule has 0 amide bonds. The third-order valence-corrected chi connectivity index (χ3v) is 4.96. The van der Waals surface area contributed by atoms with E-state index in [-0.39, 0.29) is 29.4 Å². The third-order valence-electron chi connectivity index (χ3n) is 4.96. The summed E-state index contributed by atoms with van der Waals surface area (Å²) in [6, 6.07) is 4.47. The maximum atomic E-state index is 12.9. The molecule has 0 fully saturated rings. The molecule has 1 atom stereocenters. The first-order chi connectivity index (χ1) is 14.3. The van der Waals surface area contributed by atoms with Crippen molar-refractivity contribution in [3.8, 4) is 22.9 Å². The van der Waals surface area contributed by atoms with Crippen molar-refractivity contribution in [1.82, 2.24) is 14.5 Å². The van der Waals surface area contributed by atoms with Crippen molar-refractivity contribution in [3.63, 3.8) is 0 Å². The number of carbonyl (C=O) groups is 1. The Morgan fingerprint density at radius 2 is 1.97 bits per heavy atom. The predicted octanol–water partition coefficient (Wildman–Crippen LogP) is 2.36. The summed E-state index contributed by atoms with van der Waals surface area (Å²) in [6.07, 6.45) is 2.78. The Morgan fingerprint density at radius 1 is 1.23 bits per heavy atom. The molecular weight excluding hydrogens is 390 g/mol. The van der Waals surface area contributed by atoms with Gasteiger partial charge in [-0.1, -0.05) is 13.8 Å². The van der Waals surface area contributed by atoms with Crippen LogP contribution in [0, 0.1) is 5.92 Å². The van der Waals surface area contributed by atoms with Gasteiger partial charge in [0.1, 0.15) is 11.2 Å². The Bertz CT molecular complexity index is 1140. The van der Waals surface area contributed by atoms with Gasteiger partial charge in [-0.2, -0.15) is 4.98 Å². The largest absolute Gasteiger partial charge is 0.481 e. The van der Waals surface area contributed by atoms with Gasteiger partial charge in [0, 0.05) is 29.6 Å². The van der Waals surface area contributed by atoms with E-state index in [2.05, 4.69) is 9.97 Å². The van der Waals surface area contributed by atoms with Gasteiger partial charge in [-0.15, -0.1) is 0 Å². The molecule has 2 N–H and O–H groups in total. The second-order valence-corrected chi connectivity index (χ2v) is 7.08. The summed E-state index contributed by atoms with van der Waals surface area (Å²) in [5.74, 6) is -0.726. The average Bonchev–Trinajstić information content (AvgIpc) is 2.74. The topological polar surface area (TPSA) is 124 Å². The van der Waals surface area contributed by atoms with Gasteiger partial charge >= 0.3 is 5.97 Å². The molecule has 0 aliphatic rings. The maximum absolute atomic E-state index is 12.9. The summed E-state index contributed by atoms with van der Waals surface area (Å²) in [5.41, 5.74) is 0.284. The fraction of sp³-hybridized carbons (Fsp3) is 0.333. The number of ether oxygens (including phenoxy) is 2. The molecule has 0 aliphatic carbocycles. The maximum Gasteiger partial charge on any atom is 0.341 e. The molecular formula is C21H23N3O6. The van der Waals surface area contributed by atoms with E-state index < -0.39 is 23.0 Å². The van der Waals surface area contributed by atoms with Crippen LogP contribution in [0.4, 0.5) is 0 Å². The summed E-state index contributed by atoms with van der Waals surface area (Å²) >= 11 is 0. The van der Waals surface area contributed by atoms with Crippen molar-refractivity contribution in [2.75, 3.05) is 20.8 Å². The van der Waals surface area contributed by atoms with Crippen LogP contribution < -0.4 is 14.9 Å². The van der Waals surface area contributed by atoms with Crippen molar-refractivity contribution in [2.24, 2.45) is 5.92 Å². The Kier molecular flexibility index (Phi) is 6.02. The number of hydrogen-bond acceptors (Lipinski definition) is 7.